The predicted octanol–water partition coefficient (Wildman–Crippen LogP) is 1.57. The first-order chi connectivity index (χ1) is 7.58. The molecule has 2 N–H and O–H groups in total. The molecule has 4 heteroatoms. The van der Waals surface area contributed by atoms with E-state index in [2.05, 4.69) is 17.5 Å². The van der Waals surface area contributed by atoms with Crippen LogP contribution in [0.4, 0.5) is 0 Å². The number of aliphatic carboxylic acids is 1. The highest BCUT2D eigenvalue weighted by molar-refractivity contribution is 5.76. The minimum absolute atomic E-state index is 0.0134. The number of allylic oxidation sites excluding steroid dienone is 2. The van der Waals surface area contributed by atoms with Crippen LogP contribution >= 0.6 is 0 Å². The summed E-state index contributed by atoms with van der Waals surface area (Å²) in [6.07, 6.45) is 6.93. The van der Waals surface area contributed by atoms with Gasteiger partial charge in [0, 0.05) is 19.4 Å². The third-order valence-electron chi connectivity index (χ3n) is 2.73. The molecule has 0 bridgehead atoms. The van der Waals surface area contributed by atoms with E-state index in [1.165, 1.54) is 0 Å². The van der Waals surface area contributed by atoms with Crippen LogP contribution in [0, 0.1) is 11.8 Å². The highest BCUT2D eigenvalue weighted by Crippen LogP contribution is 2.19. The smallest absolute Gasteiger partial charge is 0.303 e. The molecule has 0 aromatic heterocycles. The lowest BCUT2D eigenvalue weighted by Gasteiger charge is -2.12. The molecule has 0 aromatic carbocycles. The molecule has 1 rings (SSSR count). The monoisotopic (exact) mass is 225 g/mol. The lowest BCUT2D eigenvalue weighted by Crippen LogP contribution is -2.30. The van der Waals surface area contributed by atoms with E-state index in [9.17, 15) is 9.59 Å². The Balaban J connectivity index is 2.14. The number of amides is 1. The van der Waals surface area contributed by atoms with E-state index >= 15 is 0 Å². The molecular weight excluding hydrogens is 206 g/mol. The van der Waals surface area contributed by atoms with Crippen LogP contribution in [0.25, 0.3) is 0 Å². The molecule has 0 saturated heterocycles. The number of carboxylic acids is 1. The van der Waals surface area contributed by atoms with Crippen LogP contribution in [-0.2, 0) is 9.59 Å². The molecule has 2 atom stereocenters. The van der Waals surface area contributed by atoms with Crippen molar-refractivity contribution in [3.05, 3.63) is 12.2 Å². The van der Waals surface area contributed by atoms with Gasteiger partial charge in [-0.1, -0.05) is 19.1 Å². The fraction of sp³-hybridized carbons (Fsp3) is 0.667. The van der Waals surface area contributed by atoms with E-state index in [-0.39, 0.29) is 18.2 Å². The first kappa shape index (κ1) is 12.7. The van der Waals surface area contributed by atoms with Crippen LogP contribution in [-0.4, -0.2) is 23.5 Å². The molecule has 0 saturated carbocycles. The van der Waals surface area contributed by atoms with Crippen molar-refractivity contribution >= 4 is 11.9 Å². The van der Waals surface area contributed by atoms with Gasteiger partial charge in [-0.15, -0.1) is 0 Å². The van der Waals surface area contributed by atoms with Gasteiger partial charge in [-0.25, -0.2) is 0 Å². The third kappa shape index (κ3) is 4.96. The molecule has 2 unspecified atom stereocenters. The van der Waals surface area contributed by atoms with Crippen LogP contribution in [0.5, 0.6) is 0 Å². The molecule has 0 aromatic rings. The summed E-state index contributed by atoms with van der Waals surface area (Å²) in [4.78, 5) is 21.9. The lowest BCUT2D eigenvalue weighted by atomic mass is 10.0. The Morgan fingerprint density at radius 3 is 2.88 bits per heavy atom. The lowest BCUT2D eigenvalue weighted by molar-refractivity contribution is -0.138. The Labute approximate surface area is 95.7 Å². The summed E-state index contributed by atoms with van der Waals surface area (Å²) in [6.45, 7) is 2.27. The van der Waals surface area contributed by atoms with Crippen LogP contribution in [0.3, 0.4) is 0 Å². The van der Waals surface area contributed by atoms with Gasteiger partial charge in [-0.05, 0) is 24.7 Å². The summed E-state index contributed by atoms with van der Waals surface area (Å²) >= 11 is 0. The minimum atomic E-state index is -0.819. The fourth-order valence-electron chi connectivity index (χ4n) is 1.83. The predicted molar refractivity (Wildman–Crippen MR) is 60.9 cm³/mol. The van der Waals surface area contributed by atoms with Gasteiger partial charge in [0.1, 0.15) is 0 Å². The maximum Gasteiger partial charge on any atom is 0.303 e. The first-order valence-electron chi connectivity index (χ1n) is 5.73. The molecule has 1 amide bonds. The third-order valence-corrected chi connectivity index (χ3v) is 2.73. The highest BCUT2D eigenvalue weighted by Gasteiger charge is 2.14. The van der Waals surface area contributed by atoms with Crippen LogP contribution < -0.4 is 5.32 Å². The normalized spacial score (nSPS) is 20.7. The number of carboxylic acid groups (broad SMARTS) is 1. The number of hydrogen-bond donors (Lipinski definition) is 2. The van der Waals surface area contributed by atoms with Crippen molar-refractivity contribution < 1.29 is 14.7 Å². The fourth-order valence-corrected chi connectivity index (χ4v) is 1.83. The second-order valence-electron chi connectivity index (χ2n) is 4.48. The zero-order chi connectivity index (χ0) is 12.0. The average molecular weight is 225 g/mol. The topological polar surface area (TPSA) is 66.4 Å². The highest BCUT2D eigenvalue weighted by atomic mass is 16.4. The van der Waals surface area contributed by atoms with Crippen molar-refractivity contribution in [2.75, 3.05) is 6.54 Å². The van der Waals surface area contributed by atoms with Gasteiger partial charge in [0.05, 0.1) is 0 Å². The number of hydrogen-bond acceptors (Lipinski definition) is 2. The minimum Gasteiger partial charge on any atom is -0.481 e. The van der Waals surface area contributed by atoms with Gasteiger partial charge in [0.15, 0.2) is 0 Å². The molecule has 1 aliphatic carbocycles. The molecule has 0 spiro atoms. The maximum absolute atomic E-state index is 11.5. The van der Waals surface area contributed by atoms with E-state index < -0.39 is 5.97 Å². The van der Waals surface area contributed by atoms with Crippen LogP contribution in [0.2, 0.25) is 0 Å². The van der Waals surface area contributed by atoms with Gasteiger partial charge in [-0.3, -0.25) is 9.59 Å². The standard InChI is InChI=1S/C12H19NO3/c1-9(6-12(15)16)8-13-11(14)7-10-4-2-3-5-10/h2,4,9-10H,3,5-8H2,1H3,(H,13,14)(H,15,16). The largest absolute Gasteiger partial charge is 0.481 e. The molecule has 0 radical (unpaired) electrons. The van der Waals surface area contributed by atoms with Crippen molar-refractivity contribution in [3.8, 4) is 0 Å². The van der Waals surface area contributed by atoms with Crippen molar-refractivity contribution in [2.45, 2.75) is 32.6 Å². The molecule has 0 fully saturated rings. The van der Waals surface area contributed by atoms with Gasteiger partial charge < -0.3 is 10.4 Å². The van der Waals surface area contributed by atoms with Crippen molar-refractivity contribution in [1.29, 1.82) is 0 Å². The van der Waals surface area contributed by atoms with Crippen molar-refractivity contribution in [3.63, 3.8) is 0 Å². The van der Waals surface area contributed by atoms with Crippen LogP contribution in [0.1, 0.15) is 32.6 Å². The van der Waals surface area contributed by atoms with Gasteiger partial charge >= 0.3 is 5.97 Å². The Morgan fingerprint density at radius 2 is 2.31 bits per heavy atom. The second-order valence-corrected chi connectivity index (χ2v) is 4.48. The molecule has 90 valence electrons. The first-order valence-corrected chi connectivity index (χ1v) is 5.73. The van der Waals surface area contributed by atoms with Gasteiger partial charge in [-0.2, -0.15) is 0 Å². The quantitative estimate of drug-likeness (QED) is 0.674. The van der Waals surface area contributed by atoms with Crippen LogP contribution in [0.15, 0.2) is 12.2 Å². The van der Waals surface area contributed by atoms with E-state index in [1.54, 1.807) is 0 Å². The van der Waals surface area contributed by atoms with E-state index in [0.29, 0.717) is 18.9 Å². The van der Waals surface area contributed by atoms with Gasteiger partial charge in [0.2, 0.25) is 5.91 Å². The van der Waals surface area contributed by atoms with E-state index in [0.717, 1.165) is 12.8 Å². The van der Waals surface area contributed by atoms with Crippen molar-refractivity contribution in [1.82, 2.24) is 5.32 Å². The summed E-state index contributed by atoms with van der Waals surface area (Å²) in [5, 5.41) is 11.3. The number of carbonyl (C=O) groups excluding carboxylic acids is 1. The second kappa shape index (κ2) is 6.30. The molecule has 4 nitrogen and oxygen atoms in total. The van der Waals surface area contributed by atoms with E-state index in [4.69, 9.17) is 5.11 Å². The zero-order valence-electron chi connectivity index (χ0n) is 9.61. The van der Waals surface area contributed by atoms with Gasteiger partial charge in [0.25, 0.3) is 0 Å². The zero-order valence-corrected chi connectivity index (χ0v) is 9.61. The summed E-state index contributed by atoms with van der Waals surface area (Å²) in [6, 6.07) is 0. The summed E-state index contributed by atoms with van der Waals surface area (Å²) < 4.78 is 0. The average Bonchev–Trinajstić information content (AvgIpc) is 2.66. The summed E-state index contributed by atoms with van der Waals surface area (Å²) in [5.74, 6) is -0.440. The molecule has 0 aliphatic heterocycles. The van der Waals surface area contributed by atoms with Crippen molar-refractivity contribution in [2.24, 2.45) is 11.8 Å². The number of nitrogens with one attached hydrogen (secondary N) is 1. The van der Waals surface area contributed by atoms with E-state index in [1.807, 2.05) is 6.92 Å². The molecule has 16 heavy (non-hydrogen) atoms. The molecular formula is C12H19NO3. The molecule has 1 aliphatic rings. The Hall–Kier alpha value is -1.32. The SMILES string of the molecule is CC(CNC(=O)CC1C=CCC1)CC(=O)O. The number of rotatable bonds is 6. The summed E-state index contributed by atoms with van der Waals surface area (Å²) in [7, 11) is 0. The Bertz CT molecular complexity index is 286. The maximum atomic E-state index is 11.5. The Morgan fingerprint density at radius 1 is 1.56 bits per heavy atom. The summed E-state index contributed by atoms with van der Waals surface area (Å²) in [5.41, 5.74) is 0. The molecule has 0 heterocycles. The number of carbonyl (C=O) groups is 2. The Kier molecular flexibility index (Phi) is 5.02.